The van der Waals surface area contributed by atoms with Gasteiger partial charge in [0.25, 0.3) is 5.91 Å². The first kappa shape index (κ1) is 15.6. The molecule has 1 aliphatic rings. The van der Waals surface area contributed by atoms with Gasteiger partial charge in [-0.3, -0.25) is 4.79 Å². The SMILES string of the molecule is CC1(C)C(CNC(=O)c2cccc(C#CCN)c2)C1(C)C. The van der Waals surface area contributed by atoms with Gasteiger partial charge in [-0.05, 0) is 34.9 Å². The van der Waals surface area contributed by atoms with Gasteiger partial charge in [-0.1, -0.05) is 45.6 Å². The van der Waals surface area contributed by atoms with Crippen molar-refractivity contribution < 1.29 is 4.79 Å². The molecule has 0 spiro atoms. The van der Waals surface area contributed by atoms with Crippen LogP contribution in [0, 0.1) is 28.6 Å². The molecule has 0 radical (unpaired) electrons. The quantitative estimate of drug-likeness (QED) is 0.838. The van der Waals surface area contributed by atoms with E-state index in [4.69, 9.17) is 5.73 Å². The summed E-state index contributed by atoms with van der Waals surface area (Å²) >= 11 is 0. The number of nitrogens with one attached hydrogen (secondary N) is 1. The number of carbonyl (C=O) groups is 1. The molecule has 3 nitrogen and oxygen atoms in total. The summed E-state index contributed by atoms with van der Waals surface area (Å²) in [5, 5.41) is 3.04. The van der Waals surface area contributed by atoms with Crippen molar-refractivity contribution in [1.29, 1.82) is 0 Å². The van der Waals surface area contributed by atoms with Gasteiger partial charge in [-0.15, -0.1) is 0 Å². The molecule has 0 unspecified atom stereocenters. The highest BCUT2D eigenvalue weighted by Gasteiger charge is 2.64. The molecule has 1 fully saturated rings. The van der Waals surface area contributed by atoms with Crippen molar-refractivity contribution in [3.05, 3.63) is 35.4 Å². The van der Waals surface area contributed by atoms with Crippen LogP contribution in [0.4, 0.5) is 0 Å². The Hall–Kier alpha value is -1.79. The molecule has 0 heterocycles. The molecule has 1 aliphatic carbocycles. The van der Waals surface area contributed by atoms with Gasteiger partial charge in [0.15, 0.2) is 0 Å². The molecular formula is C18H24N2O. The molecule has 1 aromatic rings. The summed E-state index contributed by atoms with van der Waals surface area (Å²) in [5.41, 5.74) is 7.40. The minimum Gasteiger partial charge on any atom is -0.352 e. The summed E-state index contributed by atoms with van der Waals surface area (Å²) in [7, 11) is 0. The van der Waals surface area contributed by atoms with Crippen LogP contribution in [0.5, 0.6) is 0 Å². The summed E-state index contributed by atoms with van der Waals surface area (Å²) in [4.78, 5) is 12.2. The molecule has 0 aliphatic heterocycles. The zero-order valence-electron chi connectivity index (χ0n) is 13.3. The molecule has 0 aromatic heterocycles. The number of nitrogens with two attached hydrogens (primary N) is 1. The van der Waals surface area contributed by atoms with E-state index >= 15 is 0 Å². The van der Waals surface area contributed by atoms with Crippen molar-refractivity contribution in [2.75, 3.05) is 13.1 Å². The van der Waals surface area contributed by atoms with Crippen LogP contribution in [0.25, 0.3) is 0 Å². The minimum absolute atomic E-state index is 0.0371. The highest BCUT2D eigenvalue weighted by atomic mass is 16.1. The van der Waals surface area contributed by atoms with E-state index in [1.165, 1.54) is 0 Å². The molecule has 1 aromatic carbocycles. The fourth-order valence-electron chi connectivity index (χ4n) is 3.03. The Balaban J connectivity index is 1.99. The Morgan fingerprint density at radius 3 is 2.52 bits per heavy atom. The minimum atomic E-state index is -0.0371. The van der Waals surface area contributed by atoms with E-state index in [1.807, 2.05) is 18.2 Å². The lowest BCUT2D eigenvalue weighted by Gasteiger charge is -2.07. The van der Waals surface area contributed by atoms with Gasteiger partial charge in [0.2, 0.25) is 0 Å². The molecule has 0 saturated heterocycles. The van der Waals surface area contributed by atoms with Crippen molar-refractivity contribution in [2.45, 2.75) is 27.7 Å². The van der Waals surface area contributed by atoms with Crippen molar-refractivity contribution in [3.63, 3.8) is 0 Å². The van der Waals surface area contributed by atoms with Gasteiger partial charge in [0.05, 0.1) is 6.54 Å². The topological polar surface area (TPSA) is 55.1 Å². The number of carbonyl (C=O) groups excluding carboxylic acids is 1. The molecule has 2 rings (SSSR count). The number of amides is 1. The predicted molar refractivity (Wildman–Crippen MR) is 85.8 cm³/mol. The van der Waals surface area contributed by atoms with Gasteiger partial charge >= 0.3 is 0 Å². The molecule has 21 heavy (non-hydrogen) atoms. The van der Waals surface area contributed by atoms with Crippen molar-refractivity contribution >= 4 is 5.91 Å². The molecule has 3 N–H and O–H groups in total. The van der Waals surface area contributed by atoms with Crippen molar-refractivity contribution in [3.8, 4) is 11.8 Å². The summed E-state index contributed by atoms with van der Waals surface area (Å²) in [6.45, 7) is 10.1. The largest absolute Gasteiger partial charge is 0.352 e. The Morgan fingerprint density at radius 1 is 1.29 bits per heavy atom. The normalized spacial score (nSPS) is 18.5. The van der Waals surface area contributed by atoms with Crippen LogP contribution in [0.1, 0.15) is 43.6 Å². The summed E-state index contributed by atoms with van der Waals surface area (Å²) in [6.07, 6.45) is 0. The van der Waals surface area contributed by atoms with E-state index in [0.29, 0.717) is 18.0 Å². The fraction of sp³-hybridized carbons (Fsp3) is 0.500. The van der Waals surface area contributed by atoms with E-state index in [0.717, 1.165) is 12.1 Å². The zero-order valence-corrected chi connectivity index (χ0v) is 13.3. The Morgan fingerprint density at radius 2 is 1.95 bits per heavy atom. The average Bonchev–Trinajstić information content (AvgIpc) is 2.84. The number of benzene rings is 1. The van der Waals surface area contributed by atoms with Gasteiger partial charge in [-0.2, -0.15) is 0 Å². The first-order valence-electron chi connectivity index (χ1n) is 7.38. The third kappa shape index (κ3) is 2.96. The molecule has 1 saturated carbocycles. The second kappa shape index (κ2) is 5.54. The highest BCUT2D eigenvalue weighted by molar-refractivity contribution is 5.94. The molecular weight excluding hydrogens is 260 g/mol. The van der Waals surface area contributed by atoms with Crippen LogP contribution in [0.2, 0.25) is 0 Å². The van der Waals surface area contributed by atoms with Crippen LogP contribution < -0.4 is 11.1 Å². The number of hydrogen-bond acceptors (Lipinski definition) is 2. The smallest absolute Gasteiger partial charge is 0.251 e. The van der Waals surface area contributed by atoms with Crippen molar-refractivity contribution in [1.82, 2.24) is 5.32 Å². The first-order valence-corrected chi connectivity index (χ1v) is 7.38. The first-order chi connectivity index (χ1) is 9.80. The molecule has 3 heteroatoms. The van der Waals surface area contributed by atoms with E-state index in [-0.39, 0.29) is 16.7 Å². The molecule has 1 amide bonds. The third-order valence-electron chi connectivity index (χ3n) is 5.25. The average molecular weight is 284 g/mol. The Bertz CT molecular complexity index is 591. The molecule has 0 atom stereocenters. The second-order valence-corrected chi connectivity index (χ2v) is 6.79. The predicted octanol–water partition coefficient (Wildman–Crippen LogP) is 2.41. The third-order valence-corrected chi connectivity index (χ3v) is 5.25. The van der Waals surface area contributed by atoms with E-state index in [1.54, 1.807) is 6.07 Å². The number of rotatable bonds is 3. The van der Waals surface area contributed by atoms with Crippen LogP contribution in [-0.4, -0.2) is 19.0 Å². The maximum Gasteiger partial charge on any atom is 0.251 e. The van der Waals surface area contributed by atoms with Gasteiger partial charge in [0.1, 0.15) is 0 Å². The summed E-state index contributed by atoms with van der Waals surface area (Å²) in [6, 6.07) is 7.35. The summed E-state index contributed by atoms with van der Waals surface area (Å²) < 4.78 is 0. The Kier molecular flexibility index (Phi) is 4.11. The Labute approximate surface area is 127 Å². The fourth-order valence-corrected chi connectivity index (χ4v) is 3.03. The molecule has 112 valence electrons. The van der Waals surface area contributed by atoms with Gasteiger partial charge in [-0.25, -0.2) is 0 Å². The maximum atomic E-state index is 12.2. The lowest BCUT2D eigenvalue weighted by Crippen LogP contribution is -2.27. The summed E-state index contributed by atoms with van der Waals surface area (Å²) in [5.74, 6) is 6.23. The maximum absolute atomic E-state index is 12.2. The van der Waals surface area contributed by atoms with E-state index < -0.39 is 0 Å². The van der Waals surface area contributed by atoms with Crippen LogP contribution in [0.15, 0.2) is 24.3 Å². The lowest BCUT2D eigenvalue weighted by molar-refractivity contribution is 0.0950. The number of hydrogen-bond donors (Lipinski definition) is 2. The second-order valence-electron chi connectivity index (χ2n) is 6.79. The van der Waals surface area contributed by atoms with Crippen LogP contribution >= 0.6 is 0 Å². The highest BCUT2D eigenvalue weighted by Crippen LogP contribution is 2.67. The van der Waals surface area contributed by atoms with Crippen LogP contribution in [-0.2, 0) is 0 Å². The van der Waals surface area contributed by atoms with Crippen LogP contribution in [0.3, 0.4) is 0 Å². The van der Waals surface area contributed by atoms with Gasteiger partial charge in [0, 0.05) is 17.7 Å². The van der Waals surface area contributed by atoms with Gasteiger partial charge < -0.3 is 11.1 Å². The zero-order chi connectivity index (χ0) is 15.7. The molecule has 0 bridgehead atoms. The van der Waals surface area contributed by atoms with E-state index in [2.05, 4.69) is 44.9 Å². The monoisotopic (exact) mass is 284 g/mol. The van der Waals surface area contributed by atoms with E-state index in [9.17, 15) is 4.79 Å². The van der Waals surface area contributed by atoms with Crippen molar-refractivity contribution in [2.24, 2.45) is 22.5 Å². The lowest BCUT2D eigenvalue weighted by atomic mass is 10.0. The standard InChI is InChI=1S/C18H24N2O/c1-17(2)15(18(17,3)4)12-20-16(21)14-9-5-7-13(11-14)8-6-10-19/h5,7,9,11,15H,10,12,19H2,1-4H3,(H,20,21).